The van der Waals surface area contributed by atoms with Gasteiger partial charge in [-0.2, -0.15) is 13.2 Å². The van der Waals surface area contributed by atoms with Crippen LogP contribution in [0.1, 0.15) is 24.2 Å². The molecule has 9 heteroatoms. The molecular formula is C19H20F3N3O3. The molecule has 3 N–H and O–H groups in total. The van der Waals surface area contributed by atoms with Gasteiger partial charge in [0.25, 0.3) is 5.91 Å². The predicted molar refractivity (Wildman–Crippen MR) is 99.7 cm³/mol. The van der Waals surface area contributed by atoms with Crippen molar-refractivity contribution in [3.8, 4) is 5.75 Å². The number of carbonyl (C=O) groups excluding carboxylic acids is 2. The number of benzene rings is 2. The average Bonchev–Trinajstić information content (AvgIpc) is 2.59. The van der Waals surface area contributed by atoms with Crippen molar-refractivity contribution in [3.63, 3.8) is 0 Å². The Bertz CT molecular complexity index is 838. The molecule has 0 radical (unpaired) electrons. The first-order chi connectivity index (χ1) is 13.1. The zero-order valence-electron chi connectivity index (χ0n) is 15.3. The van der Waals surface area contributed by atoms with Crippen molar-refractivity contribution in [1.82, 2.24) is 5.32 Å². The fourth-order valence-electron chi connectivity index (χ4n) is 2.22. The van der Waals surface area contributed by atoms with Gasteiger partial charge in [0.15, 0.2) is 6.61 Å². The summed E-state index contributed by atoms with van der Waals surface area (Å²) in [5.41, 5.74) is 0.716. The van der Waals surface area contributed by atoms with Crippen LogP contribution in [0.5, 0.6) is 5.75 Å². The zero-order chi connectivity index (χ0) is 20.7. The number of hydrogen-bond acceptors (Lipinski definition) is 3. The van der Waals surface area contributed by atoms with E-state index < -0.39 is 24.7 Å². The first-order valence-corrected chi connectivity index (χ1v) is 8.41. The van der Waals surface area contributed by atoms with E-state index in [0.717, 1.165) is 0 Å². The van der Waals surface area contributed by atoms with Gasteiger partial charge >= 0.3 is 12.2 Å². The van der Waals surface area contributed by atoms with Gasteiger partial charge in [-0.25, -0.2) is 4.79 Å². The van der Waals surface area contributed by atoms with E-state index in [1.54, 1.807) is 18.2 Å². The third-order valence-electron chi connectivity index (χ3n) is 3.33. The van der Waals surface area contributed by atoms with E-state index in [9.17, 15) is 22.8 Å². The van der Waals surface area contributed by atoms with Gasteiger partial charge in [0.2, 0.25) is 0 Å². The summed E-state index contributed by atoms with van der Waals surface area (Å²) in [5, 5.41) is 7.77. The lowest BCUT2D eigenvalue weighted by Crippen LogP contribution is -2.34. The number of carbonyl (C=O) groups is 2. The molecule has 0 saturated heterocycles. The fourth-order valence-corrected chi connectivity index (χ4v) is 2.22. The molecule has 0 fully saturated rings. The molecule has 3 amide bonds. The minimum Gasteiger partial charge on any atom is -0.482 e. The number of anilines is 2. The van der Waals surface area contributed by atoms with E-state index in [1.807, 2.05) is 13.8 Å². The van der Waals surface area contributed by atoms with Crippen molar-refractivity contribution in [2.75, 3.05) is 17.2 Å². The highest BCUT2D eigenvalue weighted by Gasteiger charge is 2.29. The van der Waals surface area contributed by atoms with Crippen molar-refractivity contribution in [2.24, 2.45) is 0 Å². The number of para-hydroxylation sites is 2. The van der Waals surface area contributed by atoms with E-state index in [0.29, 0.717) is 5.69 Å². The van der Waals surface area contributed by atoms with Crippen LogP contribution in [-0.4, -0.2) is 30.8 Å². The van der Waals surface area contributed by atoms with Gasteiger partial charge in [0, 0.05) is 17.3 Å². The first-order valence-electron chi connectivity index (χ1n) is 8.41. The van der Waals surface area contributed by atoms with Crippen LogP contribution >= 0.6 is 0 Å². The van der Waals surface area contributed by atoms with Crippen LogP contribution in [0.15, 0.2) is 48.5 Å². The van der Waals surface area contributed by atoms with Crippen molar-refractivity contribution < 1.29 is 27.5 Å². The second kappa shape index (κ2) is 9.12. The molecule has 0 aliphatic carbocycles. The summed E-state index contributed by atoms with van der Waals surface area (Å²) in [5.74, 6) is -0.658. The van der Waals surface area contributed by atoms with Crippen LogP contribution in [0.3, 0.4) is 0 Å². The largest absolute Gasteiger partial charge is 0.482 e. The van der Waals surface area contributed by atoms with Crippen LogP contribution in [0.4, 0.5) is 29.3 Å². The lowest BCUT2D eigenvalue weighted by molar-refractivity contribution is -0.153. The summed E-state index contributed by atoms with van der Waals surface area (Å²) in [4.78, 5) is 24.2. The second-order valence-corrected chi connectivity index (χ2v) is 6.19. The fraction of sp³-hybridized carbons (Fsp3) is 0.263. The molecule has 0 spiro atoms. The van der Waals surface area contributed by atoms with Crippen LogP contribution in [0.25, 0.3) is 0 Å². The van der Waals surface area contributed by atoms with Gasteiger partial charge in [-0.1, -0.05) is 18.2 Å². The SMILES string of the molecule is CC(C)NC(=O)Nc1cccc(C(=O)Nc2ccccc2OCC(F)(F)F)c1. The number of alkyl halides is 3. The molecule has 0 saturated carbocycles. The van der Waals surface area contributed by atoms with Gasteiger partial charge in [0.05, 0.1) is 5.69 Å². The van der Waals surface area contributed by atoms with Crippen LogP contribution in [-0.2, 0) is 0 Å². The van der Waals surface area contributed by atoms with E-state index in [1.165, 1.54) is 30.3 Å². The molecule has 150 valence electrons. The third-order valence-corrected chi connectivity index (χ3v) is 3.33. The maximum Gasteiger partial charge on any atom is 0.422 e. The number of hydrogen-bond donors (Lipinski definition) is 3. The Hall–Kier alpha value is -3.23. The van der Waals surface area contributed by atoms with Gasteiger partial charge in [-0.05, 0) is 44.2 Å². The van der Waals surface area contributed by atoms with E-state index in [2.05, 4.69) is 16.0 Å². The molecule has 0 aliphatic rings. The highest BCUT2D eigenvalue weighted by molar-refractivity contribution is 6.06. The van der Waals surface area contributed by atoms with E-state index in [-0.39, 0.29) is 23.0 Å². The first kappa shape index (κ1) is 21.1. The lowest BCUT2D eigenvalue weighted by Gasteiger charge is -2.14. The number of halogens is 3. The Morgan fingerprint density at radius 1 is 1.04 bits per heavy atom. The Balaban J connectivity index is 2.09. The quantitative estimate of drug-likeness (QED) is 0.678. The summed E-state index contributed by atoms with van der Waals surface area (Å²) in [6.45, 7) is 2.15. The van der Waals surface area contributed by atoms with Crippen LogP contribution < -0.4 is 20.7 Å². The Morgan fingerprint density at radius 3 is 2.43 bits per heavy atom. The molecule has 0 bridgehead atoms. The summed E-state index contributed by atoms with van der Waals surface area (Å²) in [7, 11) is 0. The highest BCUT2D eigenvalue weighted by Crippen LogP contribution is 2.27. The molecule has 28 heavy (non-hydrogen) atoms. The van der Waals surface area contributed by atoms with Crippen molar-refractivity contribution in [3.05, 3.63) is 54.1 Å². The third kappa shape index (κ3) is 6.82. The molecule has 2 rings (SSSR count). The van der Waals surface area contributed by atoms with Crippen LogP contribution in [0.2, 0.25) is 0 Å². The summed E-state index contributed by atoms with van der Waals surface area (Å²) in [6, 6.07) is 11.5. The highest BCUT2D eigenvalue weighted by atomic mass is 19.4. The van der Waals surface area contributed by atoms with Gasteiger partial charge in [-0.3, -0.25) is 4.79 Å². The molecule has 2 aromatic carbocycles. The molecule has 0 unspecified atom stereocenters. The smallest absolute Gasteiger partial charge is 0.422 e. The normalized spacial score (nSPS) is 11.1. The number of rotatable bonds is 6. The maximum atomic E-state index is 12.5. The minimum atomic E-state index is -4.49. The summed E-state index contributed by atoms with van der Waals surface area (Å²) < 4.78 is 41.9. The lowest BCUT2D eigenvalue weighted by atomic mass is 10.1. The Kier molecular flexibility index (Phi) is 6.86. The summed E-state index contributed by atoms with van der Waals surface area (Å²) in [6.07, 6.45) is -4.49. The average molecular weight is 395 g/mol. The monoisotopic (exact) mass is 395 g/mol. The van der Waals surface area contributed by atoms with E-state index in [4.69, 9.17) is 4.74 Å². The molecule has 2 aromatic rings. The van der Waals surface area contributed by atoms with Crippen molar-refractivity contribution in [2.45, 2.75) is 26.1 Å². The number of urea groups is 1. The standard InChI is InChI=1S/C19H20F3N3O3/c1-12(2)23-18(27)24-14-7-5-6-13(10-14)17(26)25-15-8-3-4-9-16(15)28-11-19(20,21)22/h3-10,12H,11H2,1-2H3,(H,25,26)(H2,23,24,27). The zero-order valence-corrected chi connectivity index (χ0v) is 15.3. The molecule has 0 heterocycles. The molecule has 0 atom stereocenters. The van der Waals surface area contributed by atoms with Crippen molar-refractivity contribution in [1.29, 1.82) is 0 Å². The van der Waals surface area contributed by atoms with Crippen LogP contribution in [0, 0.1) is 0 Å². The molecule has 0 aliphatic heterocycles. The molecule has 0 aromatic heterocycles. The van der Waals surface area contributed by atoms with Gasteiger partial charge in [-0.15, -0.1) is 0 Å². The second-order valence-electron chi connectivity index (χ2n) is 6.19. The molecular weight excluding hydrogens is 375 g/mol. The maximum absolute atomic E-state index is 12.5. The van der Waals surface area contributed by atoms with E-state index >= 15 is 0 Å². The number of ether oxygens (including phenoxy) is 1. The topological polar surface area (TPSA) is 79.5 Å². The molecule has 6 nitrogen and oxygen atoms in total. The number of amides is 3. The number of nitrogens with one attached hydrogen (secondary N) is 3. The Morgan fingerprint density at radius 2 is 1.75 bits per heavy atom. The van der Waals surface area contributed by atoms with Gasteiger partial charge in [0.1, 0.15) is 5.75 Å². The van der Waals surface area contributed by atoms with Gasteiger partial charge < -0.3 is 20.7 Å². The van der Waals surface area contributed by atoms with Crippen molar-refractivity contribution >= 4 is 23.3 Å². The Labute approximate surface area is 160 Å². The predicted octanol–water partition coefficient (Wildman–Crippen LogP) is 4.41. The summed E-state index contributed by atoms with van der Waals surface area (Å²) >= 11 is 0. The minimum absolute atomic E-state index is 0.0559.